The minimum Gasteiger partial charge on any atom is -0.385 e. The summed E-state index contributed by atoms with van der Waals surface area (Å²) in [6.07, 6.45) is 9.25. The Kier molecular flexibility index (Phi) is 4.58. The Hall–Kier alpha value is -0.630. The summed E-state index contributed by atoms with van der Waals surface area (Å²) in [6.45, 7) is 1.15. The molecular formula is C14H21NS. The molecule has 2 rings (SSSR count). The maximum Gasteiger partial charge on any atom is 0.0351 e. The van der Waals surface area contributed by atoms with Crippen LogP contribution in [0, 0.1) is 5.92 Å². The zero-order valence-electron chi connectivity index (χ0n) is 10.0. The van der Waals surface area contributed by atoms with Crippen LogP contribution in [0.3, 0.4) is 0 Å². The van der Waals surface area contributed by atoms with Gasteiger partial charge in [-0.15, -0.1) is 11.8 Å². The molecule has 1 aliphatic carbocycles. The zero-order chi connectivity index (χ0) is 11.2. The zero-order valence-corrected chi connectivity index (χ0v) is 10.9. The van der Waals surface area contributed by atoms with Crippen LogP contribution >= 0.6 is 11.8 Å². The van der Waals surface area contributed by atoms with Crippen LogP contribution in [0.1, 0.15) is 32.1 Å². The first-order valence-corrected chi connectivity index (χ1v) is 7.49. The van der Waals surface area contributed by atoms with E-state index in [-0.39, 0.29) is 0 Å². The molecule has 1 nitrogen and oxygen atoms in total. The van der Waals surface area contributed by atoms with Crippen LogP contribution in [0.4, 0.5) is 5.69 Å². The topological polar surface area (TPSA) is 12.0 Å². The van der Waals surface area contributed by atoms with Crippen molar-refractivity contribution >= 4 is 17.4 Å². The monoisotopic (exact) mass is 235 g/mol. The van der Waals surface area contributed by atoms with Crippen molar-refractivity contribution in [3.63, 3.8) is 0 Å². The van der Waals surface area contributed by atoms with E-state index in [9.17, 15) is 0 Å². The van der Waals surface area contributed by atoms with Gasteiger partial charge in [0.15, 0.2) is 0 Å². The van der Waals surface area contributed by atoms with E-state index >= 15 is 0 Å². The van der Waals surface area contributed by atoms with Gasteiger partial charge in [-0.05, 0) is 43.2 Å². The summed E-state index contributed by atoms with van der Waals surface area (Å²) >= 11 is 1.80. The Labute approximate surface area is 103 Å². The summed E-state index contributed by atoms with van der Waals surface area (Å²) < 4.78 is 0. The van der Waals surface area contributed by atoms with Crippen molar-refractivity contribution in [2.45, 2.75) is 37.0 Å². The van der Waals surface area contributed by atoms with Crippen molar-refractivity contribution < 1.29 is 0 Å². The lowest BCUT2D eigenvalue weighted by Gasteiger charge is -2.22. The molecule has 2 heteroatoms. The molecule has 0 heterocycles. The molecule has 88 valence electrons. The molecular weight excluding hydrogens is 214 g/mol. The van der Waals surface area contributed by atoms with E-state index in [1.165, 1.54) is 42.7 Å². The Morgan fingerprint density at radius 3 is 2.81 bits per heavy atom. The van der Waals surface area contributed by atoms with E-state index in [0.29, 0.717) is 0 Å². The fraction of sp³-hybridized carbons (Fsp3) is 0.571. The second kappa shape index (κ2) is 6.19. The van der Waals surface area contributed by atoms with Gasteiger partial charge < -0.3 is 5.32 Å². The number of nitrogens with one attached hydrogen (secondary N) is 1. The second-order valence-corrected chi connectivity index (χ2v) is 5.50. The smallest absolute Gasteiger partial charge is 0.0351 e. The lowest BCUT2D eigenvalue weighted by atomic mass is 9.89. The Bertz CT molecular complexity index is 318. The lowest BCUT2D eigenvalue weighted by molar-refractivity contribution is 0.373. The standard InChI is InChI=1S/C14H21NS/c1-16-14-9-5-8-13(10-14)15-11-12-6-3-2-4-7-12/h5,8-10,12,15H,2-4,6-7,11H2,1H3. The summed E-state index contributed by atoms with van der Waals surface area (Å²) in [6, 6.07) is 8.71. The SMILES string of the molecule is CSc1cccc(NCC2CCCCC2)c1. The number of benzene rings is 1. The fourth-order valence-corrected chi connectivity index (χ4v) is 2.85. The van der Waals surface area contributed by atoms with Gasteiger partial charge in [0.2, 0.25) is 0 Å². The van der Waals surface area contributed by atoms with Crippen LogP contribution in [0.15, 0.2) is 29.2 Å². The molecule has 1 N–H and O–H groups in total. The highest BCUT2D eigenvalue weighted by Crippen LogP contribution is 2.25. The molecule has 0 aromatic heterocycles. The Morgan fingerprint density at radius 2 is 2.06 bits per heavy atom. The van der Waals surface area contributed by atoms with Gasteiger partial charge in [-0.1, -0.05) is 25.3 Å². The van der Waals surface area contributed by atoms with E-state index in [2.05, 4.69) is 35.8 Å². The van der Waals surface area contributed by atoms with Gasteiger partial charge in [-0.3, -0.25) is 0 Å². The van der Waals surface area contributed by atoms with Crippen molar-refractivity contribution in [1.29, 1.82) is 0 Å². The molecule has 0 atom stereocenters. The van der Waals surface area contributed by atoms with Crippen LogP contribution in [0.25, 0.3) is 0 Å². The molecule has 1 aliphatic rings. The average Bonchev–Trinajstić information content (AvgIpc) is 2.38. The van der Waals surface area contributed by atoms with Crippen LogP contribution in [-0.2, 0) is 0 Å². The van der Waals surface area contributed by atoms with Gasteiger partial charge in [0.05, 0.1) is 0 Å². The van der Waals surface area contributed by atoms with Crippen LogP contribution < -0.4 is 5.32 Å². The van der Waals surface area contributed by atoms with E-state index in [4.69, 9.17) is 0 Å². The van der Waals surface area contributed by atoms with Crippen LogP contribution in [0.5, 0.6) is 0 Å². The third kappa shape index (κ3) is 3.44. The molecule has 0 unspecified atom stereocenters. The highest BCUT2D eigenvalue weighted by Gasteiger charge is 2.12. The molecule has 1 saturated carbocycles. The summed E-state index contributed by atoms with van der Waals surface area (Å²) in [5, 5.41) is 3.58. The first-order valence-electron chi connectivity index (χ1n) is 6.26. The lowest BCUT2D eigenvalue weighted by Crippen LogP contribution is -2.17. The molecule has 0 aliphatic heterocycles. The molecule has 0 saturated heterocycles. The Balaban J connectivity index is 1.83. The molecule has 0 amide bonds. The van der Waals surface area contributed by atoms with E-state index in [1.807, 2.05) is 0 Å². The number of hydrogen-bond donors (Lipinski definition) is 1. The quantitative estimate of drug-likeness (QED) is 0.776. The molecule has 0 radical (unpaired) electrons. The van der Waals surface area contributed by atoms with Crippen molar-refractivity contribution in [2.75, 3.05) is 18.1 Å². The summed E-state index contributed by atoms with van der Waals surface area (Å²) in [4.78, 5) is 1.34. The first-order chi connectivity index (χ1) is 7.88. The van der Waals surface area contributed by atoms with Crippen LogP contribution in [0.2, 0.25) is 0 Å². The highest BCUT2D eigenvalue weighted by molar-refractivity contribution is 7.98. The van der Waals surface area contributed by atoms with E-state index in [0.717, 1.165) is 12.5 Å². The largest absolute Gasteiger partial charge is 0.385 e. The molecule has 1 fully saturated rings. The summed E-state index contributed by atoms with van der Waals surface area (Å²) in [7, 11) is 0. The third-order valence-electron chi connectivity index (χ3n) is 3.39. The minimum absolute atomic E-state index is 0.895. The van der Waals surface area contributed by atoms with Crippen molar-refractivity contribution in [2.24, 2.45) is 5.92 Å². The molecule has 0 spiro atoms. The van der Waals surface area contributed by atoms with Gasteiger partial charge in [0.25, 0.3) is 0 Å². The van der Waals surface area contributed by atoms with Gasteiger partial charge in [0.1, 0.15) is 0 Å². The maximum atomic E-state index is 3.58. The molecule has 1 aromatic carbocycles. The summed E-state index contributed by atoms with van der Waals surface area (Å²) in [5.41, 5.74) is 1.28. The molecule has 16 heavy (non-hydrogen) atoms. The first kappa shape index (κ1) is 11.8. The number of thioether (sulfide) groups is 1. The molecule has 1 aromatic rings. The highest BCUT2D eigenvalue weighted by atomic mass is 32.2. The minimum atomic E-state index is 0.895. The summed E-state index contributed by atoms with van der Waals surface area (Å²) in [5.74, 6) is 0.895. The Morgan fingerprint density at radius 1 is 1.25 bits per heavy atom. The molecule has 0 bridgehead atoms. The van der Waals surface area contributed by atoms with Crippen molar-refractivity contribution in [1.82, 2.24) is 0 Å². The van der Waals surface area contributed by atoms with E-state index < -0.39 is 0 Å². The van der Waals surface area contributed by atoms with Gasteiger partial charge in [-0.2, -0.15) is 0 Å². The number of rotatable bonds is 4. The predicted molar refractivity (Wildman–Crippen MR) is 73.3 cm³/mol. The predicted octanol–water partition coefficient (Wildman–Crippen LogP) is 4.40. The average molecular weight is 235 g/mol. The van der Waals surface area contributed by atoms with Crippen molar-refractivity contribution in [3.05, 3.63) is 24.3 Å². The van der Waals surface area contributed by atoms with Gasteiger partial charge >= 0.3 is 0 Å². The van der Waals surface area contributed by atoms with Gasteiger partial charge in [0, 0.05) is 17.1 Å². The fourth-order valence-electron chi connectivity index (χ4n) is 2.39. The number of anilines is 1. The third-order valence-corrected chi connectivity index (χ3v) is 4.11. The normalized spacial score (nSPS) is 17.3. The van der Waals surface area contributed by atoms with Crippen LogP contribution in [-0.4, -0.2) is 12.8 Å². The maximum absolute atomic E-state index is 3.58. The number of hydrogen-bond acceptors (Lipinski definition) is 2. The van der Waals surface area contributed by atoms with E-state index in [1.54, 1.807) is 11.8 Å². The van der Waals surface area contributed by atoms with Crippen molar-refractivity contribution in [3.8, 4) is 0 Å². The van der Waals surface area contributed by atoms with Gasteiger partial charge in [-0.25, -0.2) is 0 Å². The second-order valence-electron chi connectivity index (χ2n) is 4.62.